The van der Waals surface area contributed by atoms with Crippen LogP contribution in [0.5, 0.6) is 0 Å². The fourth-order valence-corrected chi connectivity index (χ4v) is 2.83. The van der Waals surface area contributed by atoms with Gasteiger partial charge in [0.05, 0.1) is 12.5 Å². The summed E-state index contributed by atoms with van der Waals surface area (Å²) in [5.41, 5.74) is 0.474. The molecular formula is C16H16F2N2O2. The summed E-state index contributed by atoms with van der Waals surface area (Å²) >= 11 is 0. The SMILES string of the molecule is O=C(c1cccc2cnccc12)N1CCC(F)(F)C(CO)C1. The topological polar surface area (TPSA) is 53.4 Å². The standard InChI is InChI=1S/C16H16F2N2O2/c17-16(18)5-7-20(9-12(16)10-21)15(22)14-3-1-2-11-8-19-6-4-13(11)14/h1-4,6,8,12,21H,5,7,9-10H2. The molecule has 116 valence electrons. The van der Waals surface area contributed by atoms with Gasteiger partial charge in [0.1, 0.15) is 0 Å². The number of alkyl halides is 2. The van der Waals surface area contributed by atoms with Crippen LogP contribution in [0.3, 0.4) is 0 Å². The van der Waals surface area contributed by atoms with Crippen molar-refractivity contribution in [3.05, 3.63) is 42.2 Å². The number of hydrogen-bond donors (Lipinski definition) is 1. The zero-order valence-electron chi connectivity index (χ0n) is 11.9. The monoisotopic (exact) mass is 306 g/mol. The molecule has 4 nitrogen and oxygen atoms in total. The number of pyridine rings is 1. The van der Waals surface area contributed by atoms with Crippen LogP contribution in [0.2, 0.25) is 0 Å². The van der Waals surface area contributed by atoms with Gasteiger partial charge < -0.3 is 10.0 Å². The summed E-state index contributed by atoms with van der Waals surface area (Å²) in [5, 5.41) is 10.7. The van der Waals surface area contributed by atoms with Crippen molar-refractivity contribution < 1.29 is 18.7 Å². The summed E-state index contributed by atoms with van der Waals surface area (Å²) in [6.45, 7) is -0.774. The minimum atomic E-state index is -2.92. The number of aliphatic hydroxyl groups excluding tert-OH is 1. The molecular weight excluding hydrogens is 290 g/mol. The van der Waals surface area contributed by atoms with E-state index in [0.29, 0.717) is 5.56 Å². The number of amides is 1. The molecule has 0 aliphatic carbocycles. The second kappa shape index (κ2) is 5.61. The number of hydrogen-bond acceptors (Lipinski definition) is 3. The normalized spacial score (nSPS) is 21.0. The molecule has 22 heavy (non-hydrogen) atoms. The summed E-state index contributed by atoms with van der Waals surface area (Å²) in [6.07, 6.45) is 2.84. The Bertz CT molecular complexity index is 700. The first-order valence-electron chi connectivity index (χ1n) is 7.13. The predicted molar refractivity (Wildman–Crippen MR) is 77.8 cm³/mol. The summed E-state index contributed by atoms with van der Waals surface area (Å²) in [4.78, 5) is 18.1. The first-order valence-corrected chi connectivity index (χ1v) is 7.13. The van der Waals surface area contributed by atoms with E-state index >= 15 is 0 Å². The lowest BCUT2D eigenvalue weighted by Gasteiger charge is -2.37. The van der Waals surface area contributed by atoms with Gasteiger partial charge in [0, 0.05) is 42.9 Å². The van der Waals surface area contributed by atoms with Gasteiger partial charge in [0.25, 0.3) is 11.8 Å². The number of likely N-dealkylation sites (tertiary alicyclic amines) is 1. The average molecular weight is 306 g/mol. The highest BCUT2D eigenvalue weighted by Crippen LogP contribution is 2.34. The van der Waals surface area contributed by atoms with E-state index in [0.717, 1.165) is 10.8 Å². The second-order valence-electron chi connectivity index (χ2n) is 5.54. The molecule has 1 atom stereocenters. The lowest BCUT2D eigenvalue weighted by atomic mass is 9.93. The smallest absolute Gasteiger partial charge is 0.256 e. The minimum Gasteiger partial charge on any atom is -0.396 e. The van der Waals surface area contributed by atoms with E-state index in [2.05, 4.69) is 4.98 Å². The molecule has 1 aromatic heterocycles. The molecule has 1 fully saturated rings. The van der Waals surface area contributed by atoms with Crippen molar-refractivity contribution >= 4 is 16.7 Å². The summed E-state index contributed by atoms with van der Waals surface area (Å²) in [5.74, 6) is -4.42. The first kappa shape index (κ1) is 14.8. The van der Waals surface area contributed by atoms with Crippen LogP contribution in [0.25, 0.3) is 10.8 Å². The van der Waals surface area contributed by atoms with Gasteiger partial charge in [-0.2, -0.15) is 0 Å². The van der Waals surface area contributed by atoms with Crippen molar-refractivity contribution in [1.29, 1.82) is 0 Å². The maximum atomic E-state index is 13.7. The lowest BCUT2D eigenvalue weighted by molar-refractivity contribution is -0.113. The Hall–Kier alpha value is -2.08. The van der Waals surface area contributed by atoms with E-state index < -0.39 is 24.9 Å². The van der Waals surface area contributed by atoms with E-state index in [-0.39, 0.29) is 19.0 Å². The zero-order valence-corrected chi connectivity index (χ0v) is 11.9. The van der Waals surface area contributed by atoms with Crippen molar-refractivity contribution in [2.75, 3.05) is 19.7 Å². The van der Waals surface area contributed by atoms with E-state index in [1.165, 1.54) is 4.90 Å². The Morgan fingerprint density at radius 3 is 3.00 bits per heavy atom. The Morgan fingerprint density at radius 1 is 1.41 bits per heavy atom. The average Bonchev–Trinajstić information content (AvgIpc) is 2.53. The fourth-order valence-electron chi connectivity index (χ4n) is 2.83. The quantitative estimate of drug-likeness (QED) is 0.926. The molecule has 6 heteroatoms. The van der Waals surface area contributed by atoms with E-state index in [4.69, 9.17) is 5.11 Å². The van der Waals surface area contributed by atoms with Gasteiger partial charge in [-0.15, -0.1) is 0 Å². The van der Waals surface area contributed by atoms with Crippen LogP contribution in [0, 0.1) is 5.92 Å². The molecule has 2 heterocycles. The van der Waals surface area contributed by atoms with Crippen LogP contribution in [0.1, 0.15) is 16.8 Å². The minimum absolute atomic E-state index is 0.0101. The molecule has 0 saturated carbocycles. The molecule has 1 amide bonds. The molecule has 1 aliphatic rings. The molecule has 3 rings (SSSR count). The predicted octanol–water partition coefficient (Wildman–Crippen LogP) is 2.32. The number of benzene rings is 1. The van der Waals surface area contributed by atoms with E-state index in [1.807, 2.05) is 6.07 Å². The Morgan fingerprint density at radius 2 is 2.23 bits per heavy atom. The van der Waals surface area contributed by atoms with E-state index in [9.17, 15) is 13.6 Å². The highest BCUT2D eigenvalue weighted by molar-refractivity contribution is 6.06. The number of rotatable bonds is 2. The lowest BCUT2D eigenvalue weighted by Crippen LogP contribution is -2.50. The highest BCUT2D eigenvalue weighted by atomic mass is 19.3. The molecule has 1 N–H and O–H groups in total. The van der Waals surface area contributed by atoms with Gasteiger partial charge >= 0.3 is 0 Å². The second-order valence-corrected chi connectivity index (χ2v) is 5.54. The number of carbonyl (C=O) groups excluding carboxylic acids is 1. The third-order valence-corrected chi connectivity index (χ3v) is 4.17. The molecule has 0 spiro atoms. The van der Waals surface area contributed by atoms with Crippen molar-refractivity contribution in [2.24, 2.45) is 5.92 Å². The van der Waals surface area contributed by atoms with Crippen molar-refractivity contribution in [2.45, 2.75) is 12.3 Å². The van der Waals surface area contributed by atoms with Crippen LogP contribution in [-0.2, 0) is 0 Å². The molecule has 1 aliphatic heterocycles. The number of piperidine rings is 1. The van der Waals surface area contributed by atoms with Crippen LogP contribution >= 0.6 is 0 Å². The number of aromatic nitrogens is 1. The van der Waals surface area contributed by atoms with Gasteiger partial charge in [-0.3, -0.25) is 9.78 Å². The third kappa shape index (κ3) is 2.54. The van der Waals surface area contributed by atoms with Crippen molar-refractivity contribution in [3.8, 4) is 0 Å². The van der Waals surface area contributed by atoms with Gasteiger partial charge in [0.15, 0.2) is 0 Å². The maximum absolute atomic E-state index is 13.7. The van der Waals surface area contributed by atoms with Crippen LogP contribution < -0.4 is 0 Å². The maximum Gasteiger partial charge on any atom is 0.256 e. The molecule has 1 unspecified atom stereocenters. The Balaban J connectivity index is 1.91. The summed E-state index contributed by atoms with van der Waals surface area (Å²) in [7, 11) is 0. The Kier molecular flexibility index (Phi) is 3.78. The molecule has 0 bridgehead atoms. The number of nitrogens with zero attached hydrogens (tertiary/aromatic N) is 2. The van der Waals surface area contributed by atoms with Gasteiger partial charge in [0.2, 0.25) is 0 Å². The fraction of sp³-hybridized carbons (Fsp3) is 0.375. The van der Waals surface area contributed by atoms with Crippen molar-refractivity contribution in [3.63, 3.8) is 0 Å². The highest BCUT2D eigenvalue weighted by Gasteiger charge is 2.44. The molecule has 0 radical (unpaired) electrons. The van der Waals surface area contributed by atoms with Crippen LogP contribution in [0.4, 0.5) is 8.78 Å². The number of fused-ring (bicyclic) bond motifs is 1. The van der Waals surface area contributed by atoms with Gasteiger partial charge in [-0.05, 0) is 17.5 Å². The molecule has 1 aromatic carbocycles. The number of aliphatic hydroxyl groups is 1. The zero-order chi connectivity index (χ0) is 15.7. The van der Waals surface area contributed by atoms with E-state index in [1.54, 1.807) is 30.6 Å². The largest absolute Gasteiger partial charge is 0.396 e. The third-order valence-electron chi connectivity index (χ3n) is 4.17. The number of halogens is 2. The molecule has 1 saturated heterocycles. The molecule has 2 aromatic rings. The van der Waals surface area contributed by atoms with Crippen LogP contribution in [-0.4, -0.2) is 46.5 Å². The summed E-state index contributed by atoms with van der Waals surface area (Å²) in [6, 6.07) is 7.02. The summed E-state index contributed by atoms with van der Waals surface area (Å²) < 4.78 is 27.3. The first-order chi connectivity index (χ1) is 10.5. The van der Waals surface area contributed by atoms with Gasteiger partial charge in [-0.1, -0.05) is 12.1 Å². The van der Waals surface area contributed by atoms with Crippen molar-refractivity contribution in [1.82, 2.24) is 9.88 Å². The van der Waals surface area contributed by atoms with Crippen LogP contribution in [0.15, 0.2) is 36.7 Å². The number of carbonyl (C=O) groups is 1. The van der Waals surface area contributed by atoms with Gasteiger partial charge in [-0.25, -0.2) is 8.78 Å². The Labute approximate surface area is 126 Å².